The van der Waals surface area contributed by atoms with Gasteiger partial charge in [-0.15, -0.1) is 0 Å². The second-order valence-corrected chi connectivity index (χ2v) is 4.39. The first-order chi connectivity index (χ1) is 11.0. The van der Waals surface area contributed by atoms with E-state index in [4.69, 9.17) is 15.3 Å². The third-order valence-corrected chi connectivity index (χ3v) is 2.23. The van der Waals surface area contributed by atoms with Crippen molar-refractivity contribution in [2.45, 2.75) is 59.3 Å². The Morgan fingerprint density at radius 1 is 0.520 bits per heavy atom. The van der Waals surface area contributed by atoms with E-state index in [1.807, 2.05) is 0 Å². The zero-order valence-corrected chi connectivity index (χ0v) is 17.1. The fraction of sp³-hybridized carbons (Fsp3) is 0.600. The van der Waals surface area contributed by atoms with E-state index >= 15 is 0 Å². The molecule has 25 heavy (non-hydrogen) atoms. The summed E-state index contributed by atoms with van der Waals surface area (Å²) in [6, 6.07) is 0. The van der Waals surface area contributed by atoms with Crippen LogP contribution in [0.15, 0.2) is 0 Å². The number of carbonyl (C=O) groups is 6. The molecule has 0 unspecified atom stereocenters. The SMILES string of the molecule is CCC(=O)CC(=O)O.CCC(=O)CC(=O)O.CCC(=O)CC(=O)O.[Sm]. The number of ketones is 3. The first kappa shape index (κ1) is 31.5. The molecule has 0 atom stereocenters. The molecule has 0 saturated heterocycles. The normalized spacial score (nSPS) is 8.28. The van der Waals surface area contributed by atoms with E-state index < -0.39 is 17.9 Å². The van der Waals surface area contributed by atoms with Gasteiger partial charge in [0.1, 0.15) is 36.6 Å². The average Bonchev–Trinajstić information content (AvgIpc) is 2.46. The number of Topliss-reactive ketones (excluding diaryl/α,β-unsaturated/α-hetero) is 3. The minimum Gasteiger partial charge on any atom is -0.481 e. The summed E-state index contributed by atoms with van der Waals surface area (Å²) < 4.78 is 0. The van der Waals surface area contributed by atoms with E-state index in [0.29, 0.717) is 19.3 Å². The Bertz CT molecular complexity index is 391. The number of carboxylic acid groups (broad SMARTS) is 3. The Morgan fingerprint density at radius 2 is 0.680 bits per heavy atom. The maximum atomic E-state index is 10.2. The van der Waals surface area contributed by atoms with Crippen LogP contribution in [0.4, 0.5) is 0 Å². The summed E-state index contributed by atoms with van der Waals surface area (Å²) in [6.07, 6.45) is -0.0750. The maximum absolute atomic E-state index is 10.2. The van der Waals surface area contributed by atoms with Gasteiger partial charge in [0.05, 0.1) is 0 Å². The van der Waals surface area contributed by atoms with Crippen LogP contribution in [-0.2, 0) is 28.8 Å². The predicted molar refractivity (Wildman–Crippen MR) is 82.7 cm³/mol. The molecule has 0 aliphatic rings. The van der Waals surface area contributed by atoms with Gasteiger partial charge in [0.25, 0.3) is 0 Å². The Balaban J connectivity index is -0.000000130. The van der Waals surface area contributed by atoms with E-state index in [2.05, 4.69) is 0 Å². The Hall–Kier alpha value is -1.24. The maximum Gasteiger partial charge on any atom is 0.310 e. The topological polar surface area (TPSA) is 163 Å². The van der Waals surface area contributed by atoms with Gasteiger partial charge in [-0.25, -0.2) is 0 Å². The Kier molecular flexibility index (Phi) is 26.2. The standard InChI is InChI=1S/3C5H8O3.Sm/c3*1-2-4(6)3-5(7)8;/h3*2-3H2,1H3,(H,7,8);. The number of aliphatic carboxylic acids is 3. The van der Waals surface area contributed by atoms with Crippen LogP contribution < -0.4 is 0 Å². The van der Waals surface area contributed by atoms with Gasteiger partial charge in [-0.2, -0.15) is 0 Å². The van der Waals surface area contributed by atoms with Gasteiger partial charge < -0.3 is 15.3 Å². The molecule has 0 fully saturated rings. The van der Waals surface area contributed by atoms with Crippen LogP contribution in [0, 0.1) is 40.4 Å². The fourth-order valence-electron chi connectivity index (χ4n) is 0.881. The van der Waals surface area contributed by atoms with Gasteiger partial charge in [0, 0.05) is 59.7 Å². The average molecular weight is 499 g/mol. The van der Waals surface area contributed by atoms with Crippen molar-refractivity contribution in [2.75, 3.05) is 0 Å². The largest absolute Gasteiger partial charge is 0.481 e. The van der Waals surface area contributed by atoms with E-state index in [1.54, 1.807) is 20.8 Å². The van der Waals surface area contributed by atoms with E-state index in [0.717, 1.165) is 0 Å². The van der Waals surface area contributed by atoms with Crippen molar-refractivity contribution in [1.82, 2.24) is 0 Å². The molecule has 0 aromatic carbocycles. The smallest absolute Gasteiger partial charge is 0.310 e. The summed E-state index contributed by atoms with van der Waals surface area (Å²) in [7, 11) is 0. The van der Waals surface area contributed by atoms with Crippen LogP contribution in [0.3, 0.4) is 0 Å². The van der Waals surface area contributed by atoms with E-state index in [9.17, 15) is 28.8 Å². The van der Waals surface area contributed by atoms with Gasteiger partial charge in [-0.05, 0) is 0 Å². The van der Waals surface area contributed by atoms with Crippen molar-refractivity contribution in [3.05, 3.63) is 0 Å². The summed E-state index contributed by atoms with van der Waals surface area (Å²) >= 11 is 0. The molecule has 0 aliphatic carbocycles. The van der Waals surface area contributed by atoms with Crippen LogP contribution in [0.25, 0.3) is 0 Å². The van der Waals surface area contributed by atoms with Crippen molar-refractivity contribution < 1.29 is 84.5 Å². The zero-order chi connectivity index (χ0) is 19.7. The van der Waals surface area contributed by atoms with Gasteiger partial charge in [-0.1, -0.05) is 20.8 Å². The second-order valence-electron chi connectivity index (χ2n) is 4.39. The van der Waals surface area contributed by atoms with Crippen LogP contribution in [0.5, 0.6) is 0 Å². The van der Waals surface area contributed by atoms with Crippen molar-refractivity contribution >= 4 is 35.3 Å². The summed E-state index contributed by atoms with van der Waals surface area (Å²) in [5.41, 5.74) is 0. The summed E-state index contributed by atoms with van der Waals surface area (Å²) in [6.45, 7) is 4.93. The van der Waals surface area contributed by atoms with Gasteiger partial charge >= 0.3 is 17.9 Å². The molecular weight excluding hydrogens is 475 g/mol. The Labute approximate surface area is 178 Å². The molecule has 144 valence electrons. The molecule has 3 N–H and O–H groups in total. The molecular formula is C15H24O9Sm. The van der Waals surface area contributed by atoms with Crippen molar-refractivity contribution in [1.29, 1.82) is 0 Å². The quantitative estimate of drug-likeness (QED) is 0.398. The molecule has 9 nitrogen and oxygen atoms in total. The summed E-state index contributed by atoms with van der Waals surface area (Å²) in [5.74, 6) is -3.81. The molecule has 0 aromatic rings. The number of carboxylic acids is 3. The van der Waals surface area contributed by atoms with Crippen LogP contribution in [-0.4, -0.2) is 50.6 Å². The molecule has 0 spiro atoms. The third-order valence-electron chi connectivity index (χ3n) is 2.23. The number of hydrogen-bond acceptors (Lipinski definition) is 6. The van der Waals surface area contributed by atoms with Crippen molar-refractivity contribution in [3.63, 3.8) is 0 Å². The molecule has 0 aromatic heterocycles. The summed E-state index contributed by atoms with van der Waals surface area (Å²) in [5, 5.41) is 24.0. The molecule has 0 aliphatic heterocycles. The third kappa shape index (κ3) is 34.9. The summed E-state index contributed by atoms with van der Waals surface area (Å²) in [4.78, 5) is 60.0. The van der Waals surface area contributed by atoms with E-state index in [-0.39, 0.29) is 77.0 Å². The van der Waals surface area contributed by atoms with Crippen LogP contribution in [0.2, 0.25) is 0 Å². The molecule has 0 radical (unpaired) electrons. The molecule has 0 bridgehead atoms. The van der Waals surface area contributed by atoms with Crippen LogP contribution in [0.1, 0.15) is 59.3 Å². The monoisotopic (exact) mass is 500 g/mol. The van der Waals surface area contributed by atoms with Gasteiger partial charge in [0.2, 0.25) is 0 Å². The van der Waals surface area contributed by atoms with Gasteiger partial charge in [0.15, 0.2) is 0 Å². The number of rotatable bonds is 9. The number of carbonyl (C=O) groups excluding carboxylic acids is 3. The minimum absolute atomic E-state index is 0. The first-order valence-electron chi connectivity index (χ1n) is 7.20. The molecule has 0 rings (SSSR count). The molecule has 0 heterocycles. The van der Waals surface area contributed by atoms with Crippen LogP contribution >= 0.6 is 0 Å². The van der Waals surface area contributed by atoms with Crippen molar-refractivity contribution in [3.8, 4) is 0 Å². The predicted octanol–water partition coefficient (Wildman–Crippen LogP) is 1.32. The first-order valence-corrected chi connectivity index (χ1v) is 7.20. The fourth-order valence-corrected chi connectivity index (χ4v) is 0.881. The Morgan fingerprint density at radius 3 is 0.720 bits per heavy atom. The number of hydrogen-bond donors (Lipinski definition) is 3. The molecule has 0 amide bonds. The minimum atomic E-state index is -1.04. The van der Waals surface area contributed by atoms with Crippen molar-refractivity contribution in [2.24, 2.45) is 0 Å². The molecule has 10 heteroatoms. The van der Waals surface area contributed by atoms with E-state index in [1.165, 1.54) is 0 Å². The molecule has 0 saturated carbocycles. The second kappa shape index (κ2) is 20.8. The zero-order valence-electron chi connectivity index (χ0n) is 14.4. The van der Waals surface area contributed by atoms with Gasteiger partial charge in [-0.3, -0.25) is 28.8 Å².